The first-order valence-electron chi connectivity index (χ1n) is 17.5. The molecule has 4 nitrogen and oxygen atoms in total. The lowest BCUT2D eigenvalue weighted by atomic mass is 9.49. The fraction of sp³-hybridized carbons (Fsp3) is 0.561. The van der Waals surface area contributed by atoms with Gasteiger partial charge in [0.25, 0.3) is 0 Å². The molecule has 6 rings (SSSR count). The lowest BCUT2D eigenvalue weighted by Crippen LogP contribution is -2.54. The zero-order valence-corrected chi connectivity index (χ0v) is 28.0. The van der Waals surface area contributed by atoms with Crippen LogP contribution in [0.3, 0.4) is 0 Å². The van der Waals surface area contributed by atoms with E-state index < -0.39 is 0 Å². The molecular formula is C41H52O4. The van der Waals surface area contributed by atoms with Crippen LogP contribution in [0.25, 0.3) is 0 Å². The molecule has 0 unspecified atom stereocenters. The van der Waals surface area contributed by atoms with Crippen LogP contribution < -0.4 is 0 Å². The van der Waals surface area contributed by atoms with Gasteiger partial charge in [0.15, 0.2) is 0 Å². The predicted octanol–water partition coefficient (Wildman–Crippen LogP) is 10.0. The molecule has 0 radical (unpaired) electrons. The highest BCUT2D eigenvalue weighted by molar-refractivity contribution is 5.90. The average Bonchev–Trinajstić information content (AvgIpc) is 3.39. The minimum Gasteiger partial charge on any atom is -0.458 e. The molecule has 4 aliphatic carbocycles. The van der Waals surface area contributed by atoms with E-state index in [2.05, 4.69) is 46.8 Å². The Balaban J connectivity index is 1.28. The van der Waals surface area contributed by atoms with Crippen LogP contribution in [0.15, 0.2) is 84.0 Å². The molecule has 0 spiro atoms. The molecular weight excluding hydrogens is 556 g/mol. The molecule has 0 amide bonds. The summed E-state index contributed by atoms with van der Waals surface area (Å²) in [5, 5.41) is 0. The van der Waals surface area contributed by atoms with Gasteiger partial charge in [0, 0.05) is 18.3 Å². The maximum Gasteiger partial charge on any atom is 0.338 e. The summed E-state index contributed by atoms with van der Waals surface area (Å²) in [6.45, 7) is 12.1. The molecule has 4 aliphatic rings. The van der Waals surface area contributed by atoms with Crippen LogP contribution in [0.2, 0.25) is 0 Å². The molecule has 8 atom stereocenters. The topological polar surface area (TPSA) is 52.6 Å². The summed E-state index contributed by atoms with van der Waals surface area (Å²) in [4.78, 5) is 26.7. The Morgan fingerprint density at radius 3 is 2.09 bits per heavy atom. The van der Waals surface area contributed by atoms with Crippen molar-refractivity contribution in [2.75, 3.05) is 0 Å². The fourth-order valence-corrected chi connectivity index (χ4v) is 9.86. The summed E-state index contributed by atoms with van der Waals surface area (Å²) >= 11 is 0. The summed E-state index contributed by atoms with van der Waals surface area (Å²) in [6, 6.07) is 18.5. The maximum absolute atomic E-state index is 13.6. The van der Waals surface area contributed by atoms with Gasteiger partial charge < -0.3 is 9.47 Å². The molecule has 0 heterocycles. The molecule has 0 aliphatic heterocycles. The molecule has 3 fully saturated rings. The van der Waals surface area contributed by atoms with Crippen molar-refractivity contribution in [2.24, 2.45) is 40.4 Å². The number of esters is 2. The molecule has 0 saturated heterocycles. The second-order valence-corrected chi connectivity index (χ2v) is 15.4. The smallest absolute Gasteiger partial charge is 0.338 e. The van der Waals surface area contributed by atoms with Crippen molar-refractivity contribution in [3.05, 3.63) is 95.1 Å². The highest BCUT2D eigenvalue weighted by Gasteiger charge is 2.60. The van der Waals surface area contributed by atoms with E-state index in [9.17, 15) is 9.59 Å². The van der Waals surface area contributed by atoms with Gasteiger partial charge in [-0.3, -0.25) is 0 Å². The van der Waals surface area contributed by atoms with Crippen LogP contribution in [-0.2, 0) is 9.47 Å². The summed E-state index contributed by atoms with van der Waals surface area (Å²) in [5.74, 6) is 2.55. The first-order chi connectivity index (χ1) is 21.6. The van der Waals surface area contributed by atoms with E-state index in [-0.39, 0.29) is 29.6 Å². The van der Waals surface area contributed by atoms with Gasteiger partial charge >= 0.3 is 11.9 Å². The lowest BCUT2D eigenvalue weighted by Gasteiger charge is -2.57. The van der Waals surface area contributed by atoms with Gasteiger partial charge in [0.2, 0.25) is 0 Å². The Bertz CT molecular complexity index is 1420. The van der Waals surface area contributed by atoms with Crippen LogP contribution >= 0.6 is 0 Å². The van der Waals surface area contributed by atoms with Crippen molar-refractivity contribution in [1.29, 1.82) is 0 Å². The van der Waals surface area contributed by atoms with E-state index in [1.54, 1.807) is 17.7 Å². The van der Waals surface area contributed by atoms with Crippen molar-refractivity contribution in [2.45, 2.75) is 105 Å². The molecule has 0 bridgehead atoms. The van der Waals surface area contributed by atoms with E-state index >= 15 is 0 Å². The van der Waals surface area contributed by atoms with E-state index in [1.165, 1.54) is 44.1 Å². The lowest BCUT2D eigenvalue weighted by molar-refractivity contribution is -0.0731. The first kappa shape index (κ1) is 31.8. The standard InChI is InChI=1S/C41H52O4/c1-27(2)13-12-14-28(3)34-21-22-35-33-20-19-31-25-32(44-38(42)29-15-8-6-9-16-29)26-37(45-39(43)30-17-10-7-11-18-30)41(31,5)36(33)23-24-40(34,35)4/h6-11,15-20,27-28,32,34-37H,12-14,21-26H2,1-5H3/t28-,32-,34-,35+,36+,37+,40-,41+/m1/s1. The highest BCUT2D eigenvalue weighted by Crippen LogP contribution is 2.66. The van der Waals surface area contributed by atoms with Gasteiger partial charge in [-0.2, -0.15) is 0 Å². The number of benzene rings is 2. The van der Waals surface area contributed by atoms with Gasteiger partial charge in [-0.15, -0.1) is 0 Å². The zero-order chi connectivity index (χ0) is 31.8. The van der Waals surface area contributed by atoms with Crippen LogP contribution in [0.1, 0.15) is 113 Å². The predicted molar refractivity (Wildman–Crippen MR) is 180 cm³/mol. The quantitative estimate of drug-likeness (QED) is 0.266. The third-order valence-corrected chi connectivity index (χ3v) is 12.3. The number of hydrogen-bond acceptors (Lipinski definition) is 4. The summed E-state index contributed by atoms with van der Waals surface area (Å²) < 4.78 is 12.6. The molecule has 2 aromatic carbocycles. The summed E-state index contributed by atoms with van der Waals surface area (Å²) in [6.07, 6.45) is 14.0. The van der Waals surface area contributed by atoms with Crippen molar-refractivity contribution >= 4 is 11.9 Å². The number of hydrogen-bond donors (Lipinski definition) is 0. The number of ether oxygens (including phenoxy) is 2. The molecule has 45 heavy (non-hydrogen) atoms. The third-order valence-electron chi connectivity index (χ3n) is 12.3. The van der Waals surface area contributed by atoms with Crippen LogP contribution in [-0.4, -0.2) is 24.1 Å². The van der Waals surface area contributed by atoms with Crippen molar-refractivity contribution < 1.29 is 19.1 Å². The van der Waals surface area contributed by atoms with E-state index in [1.807, 2.05) is 48.5 Å². The number of allylic oxidation sites excluding steroid dienone is 3. The van der Waals surface area contributed by atoms with E-state index in [4.69, 9.17) is 9.47 Å². The third kappa shape index (κ3) is 6.07. The minimum absolute atomic E-state index is 0.302. The van der Waals surface area contributed by atoms with Crippen LogP contribution in [0.5, 0.6) is 0 Å². The van der Waals surface area contributed by atoms with Crippen molar-refractivity contribution in [3.63, 3.8) is 0 Å². The molecule has 3 saturated carbocycles. The monoisotopic (exact) mass is 608 g/mol. The second kappa shape index (κ2) is 12.9. The van der Waals surface area contributed by atoms with Gasteiger partial charge in [-0.05, 0) is 85.0 Å². The minimum atomic E-state index is -0.385. The Labute approximate surface area is 270 Å². The summed E-state index contributed by atoms with van der Waals surface area (Å²) in [7, 11) is 0. The second-order valence-electron chi connectivity index (χ2n) is 15.4. The van der Waals surface area contributed by atoms with Crippen LogP contribution in [0.4, 0.5) is 0 Å². The normalized spacial score (nSPS) is 32.8. The van der Waals surface area contributed by atoms with Gasteiger partial charge in [0.1, 0.15) is 12.2 Å². The molecule has 2 aromatic rings. The largest absolute Gasteiger partial charge is 0.458 e. The summed E-state index contributed by atoms with van der Waals surface area (Å²) in [5.41, 5.74) is 3.92. The van der Waals surface area contributed by atoms with Crippen LogP contribution in [0, 0.1) is 40.4 Å². The number of carbonyl (C=O) groups is 2. The number of carbonyl (C=O) groups excluding carboxylic acids is 2. The number of rotatable bonds is 9. The van der Waals surface area contributed by atoms with Crippen molar-refractivity contribution in [1.82, 2.24) is 0 Å². The first-order valence-corrected chi connectivity index (χ1v) is 17.5. The highest BCUT2D eigenvalue weighted by atomic mass is 16.6. The Morgan fingerprint density at radius 1 is 0.800 bits per heavy atom. The molecule has 4 heteroatoms. The zero-order valence-electron chi connectivity index (χ0n) is 28.0. The number of fused-ring (bicyclic) bond motifs is 5. The fourth-order valence-electron chi connectivity index (χ4n) is 9.86. The molecule has 240 valence electrons. The van der Waals surface area contributed by atoms with Gasteiger partial charge in [-0.25, -0.2) is 9.59 Å². The Kier molecular flexibility index (Phi) is 9.14. The van der Waals surface area contributed by atoms with Gasteiger partial charge in [-0.1, -0.05) is 114 Å². The average molecular weight is 609 g/mol. The Morgan fingerprint density at radius 2 is 1.44 bits per heavy atom. The van der Waals surface area contributed by atoms with Crippen molar-refractivity contribution in [3.8, 4) is 0 Å². The molecule has 0 N–H and O–H groups in total. The SMILES string of the molecule is CC(C)CCC[C@@H](C)[C@H]1CC[C@H]2C3=CC=C4C[C@@H](OC(=O)c5ccccc5)C[C@H](OC(=O)c5ccccc5)[C@]4(C)[C@H]3CC[C@]12C. The Hall–Kier alpha value is -3.14. The van der Waals surface area contributed by atoms with E-state index in [0.717, 1.165) is 24.2 Å². The molecule has 0 aromatic heterocycles. The van der Waals surface area contributed by atoms with Gasteiger partial charge in [0.05, 0.1) is 11.1 Å². The maximum atomic E-state index is 13.6. The van der Waals surface area contributed by atoms with E-state index in [0.29, 0.717) is 41.2 Å².